The van der Waals surface area contributed by atoms with E-state index in [0.717, 1.165) is 29.8 Å². The van der Waals surface area contributed by atoms with Crippen LogP contribution in [-0.4, -0.2) is 25.8 Å². The molecule has 2 heterocycles. The summed E-state index contributed by atoms with van der Waals surface area (Å²) in [5.74, 6) is 3.53. The maximum atomic E-state index is 6.09. The first-order valence-corrected chi connectivity index (χ1v) is 12.1. The molecule has 2 aromatic rings. The van der Waals surface area contributed by atoms with Gasteiger partial charge in [-0.2, -0.15) is 5.10 Å². The van der Waals surface area contributed by atoms with Gasteiger partial charge in [-0.1, -0.05) is 13.8 Å². The van der Waals surface area contributed by atoms with E-state index in [2.05, 4.69) is 43.4 Å². The number of nitrogens with two attached hydrogens (primary N) is 1. The molecule has 2 aromatic heterocycles. The molecule has 0 radical (unpaired) electrons. The Morgan fingerprint density at radius 2 is 1.73 bits per heavy atom. The standard InChI is InChI=1S/C25H39N5/c1-16(2)30-24(14-20-5-6-20)22(15-28-30)23-11-12-27-25(29-23)18(4)17(3)13-19-7-9-21(26)10-8-19/h11-12,15-21H,5-10,13-14,26H2,1-4H3/t17-,18?,19?,21?/m1/s1. The Morgan fingerprint density at radius 3 is 2.40 bits per heavy atom. The van der Waals surface area contributed by atoms with E-state index in [1.165, 1.54) is 56.2 Å². The lowest BCUT2D eigenvalue weighted by Gasteiger charge is -2.29. The SMILES string of the molecule is CC(c1nccc(-c2cnn(C(C)C)c2CC2CC2)n1)[C@H](C)CC1CCC(N)CC1. The molecule has 2 atom stereocenters. The van der Waals surface area contributed by atoms with Crippen LogP contribution >= 0.6 is 0 Å². The zero-order valence-electron chi connectivity index (χ0n) is 19.2. The first-order chi connectivity index (χ1) is 14.4. The number of hydrogen-bond acceptors (Lipinski definition) is 4. The summed E-state index contributed by atoms with van der Waals surface area (Å²) in [5, 5.41) is 4.71. The monoisotopic (exact) mass is 409 g/mol. The van der Waals surface area contributed by atoms with Crippen molar-refractivity contribution in [1.29, 1.82) is 0 Å². The summed E-state index contributed by atoms with van der Waals surface area (Å²) >= 11 is 0. The molecule has 164 valence electrons. The summed E-state index contributed by atoms with van der Waals surface area (Å²) in [6.07, 6.45) is 13.9. The number of nitrogens with zero attached hydrogens (tertiary/aromatic N) is 4. The van der Waals surface area contributed by atoms with Gasteiger partial charge in [0, 0.05) is 35.5 Å². The predicted octanol–water partition coefficient (Wildman–Crippen LogP) is 5.52. The minimum atomic E-state index is 0.354. The second-order valence-electron chi connectivity index (χ2n) is 10.3. The van der Waals surface area contributed by atoms with E-state index >= 15 is 0 Å². The van der Waals surface area contributed by atoms with Gasteiger partial charge in [-0.15, -0.1) is 0 Å². The highest BCUT2D eigenvalue weighted by atomic mass is 15.3. The quantitative estimate of drug-likeness (QED) is 0.623. The molecule has 30 heavy (non-hydrogen) atoms. The van der Waals surface area contributed by atoms with Crippen molar-refractivity contribution >= 4 is 0 Å². The van der Waals surface area contributed by atoms with Crippen LogP contribution in [0.2, 0.25) is 0 Å². The Hall–Kier alpha value is -1.75. The maximum absolute atomic E-state index is 6.09. The van der Waals surface area contributed by atoms with Crippen molar-refractivity contribution in [1.82, 2.24) is 19.7 Å². The van der Waals surface area contributed by atoms with Gasteiger partial charge >= 0.3 is 0 Å². The van der Waals surface area contributed by atoms with Crippen LogP contribution in [0.25, 0.3) is 11.3 Å². The Kier molecular flexibility index (Phi) is 6.57. The van der Waals surface area contributed by atoms with Gasteiger partial charge in [0.2, 0.25) is 0 Å². The zero-order valence-corrected chi connectivity index (χ0v) is 19.2. The third-order valence-electron chi connectivity index (χ3n) is 7.37. The van der Waals surface area contributed by atoms with E-state index in [-0.39, 0.29) is 0 Å². The molecule has 1 unspecified atom stereocenters. The van der Waals surface area contributed by atoms with E-state index in [1.54, 1.807) is 0 Å². The molecular formula is C25H39N5. The molecule has 0 aliphatic heterocycles. The van der Waals surface area contributed by atoms with Gasteiger partial charge in [-0.05, 0) is 89.0 Å². The van der Waals surface area contributed by atoms with Gasteiger partial charge < -0.3 is 5.73 Å². The van der Waals surface area contributed by atoms with Crippen molar-refractivity contribution in [3.8, 4) is 11.3 Å². The Morgan fingerprint density at radius 1 is 1.03 bits per heavy atom. The van der Waals surface area contributed by atoms with E-state index in [9.17, 15) is 0 Å². The van der Waals surface area contributed by atoms with Crippen LogP contribution < -0.4 is 5.73 Å². The fourth-order valence-electron chi connectivity index (χ4n) is 5.00. The summed E-state index contributed by atoms with van der Waals surface area (Å²) < 4.78 is 2.19. The first-order valence-electron chi connectivity index (χ1n) is 12.1. The second-order valence-corrected chi connectivity index (χ2v) is 10.3. The molecule has 2 fully saturated rings. The van der Waals surface area contributed by atoms with Gasteiger partial charge in [-0.25, -0.2) is 9.97 Å². The smallest absolute Gasteiger partial charge is 0.132 e. The molecule has 0 saturated heterocycles. The molecule has 4 rings (SSSR count). The molecule has 2 aliphatic carbocycles. The summed E-state index contributed by atoms with van der Waals surface area (Å²) in [5.41, 5.74) is 9.66. The molecule has 0 bridgehead atoms. The normalized spacial score (nSPS) is 24.2. The van der Waals surface area contributed by atoms with E-state index in [4.69, 9.17) is 15.8 Å². The van der Waals surface area contributed by atoms with Crippen molar-refractivity contribution in [2.75, 3.05) is 0 Å². The average molecular weight is 410 g/mol. The molecule has 2 N–H and O–H groups in total. The van der Waals surface area contributed by atoms with Gasteiger partial charge in [-0.3, -0.25) is 4.68 Å². The van der Waals surface area contributed by atoms with Crippen molar-refractivity contribution < 1.29 is 0 Å². The van der Waals surface area contributed by atoms with Gasteiger partial charge in [0.25, 0.3) is 0 Å². The number of aromatic nitrogens is 4. The van der Waals surface area contributed by atoms with Crippen LogP contribution in [0.5, 0.6) is 0 Å². The lowest BCUT2D eigenvalue weighted by Crippen LogP contribution is -2.27. The topological polar surface area (TPSA) is 69.6 Å². The Labute approximate surface area is 181 Å². The summed E-state index contributed by atoms with van der Waals surface area (Å²) in [6.45, 7) is 9.08. The fourth-order valence-corrected chi connectivity index (χ4v) is 5.00. The number of hydrogen-bond donors (Lipinski definition) is 1. The highest BCUT2D eigenvalue weighted by Gasteiger charge is 2.28. The maximum Gasteiger partial charge on any atom is 0.132 e. The molecule has 5 heteroatoms. The van der Waals surface area contributed by atoms with E-state index in [1.807, 2.05) is 12.4 Å². The molecule has 2 aliphatic rings. The highest BCUT2D eigenvalue weighted by Crippen LogP contribution is 2.37. The van der Waals surface area contributed by atoms with Crippen LogP contribution in [0.1, 0.15) is 96.1 Å². The predicted molar refractivity (Wildman–Crippen MR) is 122 cm³/mol. The number of rotatable bonds is 8. The van der Waals surface area contributed by atoms with Crippen molar-refractivity contribution in [2.24, 2.45) is 23.5 Å². The largest absolute Gasteiger partial charge is 0.328 e. The fraction of sp³-hybridized carbons (Fsp3) is 0.720. The second kappa shape index (κ2) is 9.17. The van der Waals surface area contributed by atoms with Crippen LogP contribution in [0.4, 0.5) is 0 Å². The summed E-state index contributed by atoms with van der Waals surface area (Å²) in [7, 11) is 0. The molecule has 0 amide bonds. The average Bonchev–Trinajstić information content (AvgIpc) is 3.45. The zero-order chi connectivity index (χ0) is 21.3. The molecule has 5 nitrogen and oxygen atoms in total. The third kappa shape index (κ3) is 4.93. The third-order valence-corrected chi connectivity index (χ3v) is 7.37. The van der Waals surface area contributed by atoms with Crippen molar-refractivity contribution in [2.45, 2.75) is 97.1 Å². The minimum Gasteiger partial charge on any atom is -0.328 e. The van der Waals surface area contributed by atoms with Crippen molar-refractivity contribution in [3.05, 3.63) is 30.0 Å². The first kappa shape index (κ1) is 21.5. The highest BCUT2D eigenvalue weighted by molar-refractivity contribution is 5.61. The minimum absolute atomic E-state index is 0.354. The van der Waals surface area contributed by atoms with Crippen LogP contribution in [0.15, 0.2) is 18.5 Å². The molecule has 0 aromatic carbocycles. The molecular weight excluding hydrogens is 370 g/mol. The molecule has 0 spiro atoms. The Balaban J connectivity index is 1.51. The van der Waals surface area contributed by atoms with E-state index < -0.39 is 0 Å². The van der Waals surface area contributed by atoms with Gasteiger partial charge in [0.15, 0.2) is 0 Å². The summed E-state index contributed by atoms with van der Waals surface area (Å²) in [6, 6.07) is 2.85. The van der Waals surface area contributed by atoms with Crippen LogP contribution in [-0.2, 0) is 6.42 Å². The Bertz CT molecular complexity index is 830. The van der Waals surface area contributed by atoms with Gasteiger partial charge in [0.1, 0.15) is 5.82 Å². The summed E-state index contributed by atoms with van der Waals surface area (Å²) in [4.78, 5) is 9.72. The van der Waals surface area contributed by atoms with Crippen molar-refractivity contribution in [3.63, 3.8) is 0 Å². The van der Waals surface area contributed by atoms with Crippen LogP contribution in [0.3, 0.4) is 0 Å². The van der Waals surface area contributed by atoms with E-state index in [0.29, 0.717) is 23.9 Å². The lowest BCUT2D eigenvalue weighted by atomic mass is 9.78. The van der Waals surface area contributed by atoms with Gasteiger partial charge in [0.05, 0.1) is 11.9 Å². The molecule has 2 saturated carbocycles. The lowest BCUT2D eigenvalue weighted by molar-refractivity contribution is 0.261. The van der Waals surface area contributed by atoms with Crippen LogP contribution in [0, 0.1) is 17.8 Å².